The summed E-state index contributed by atoms with van der Waals surface area (Å²) in [6, 6.07) is 11.1. The number of nitrogens with two attached hydrogens (primary N) is 2. The largest absolute Gasteiger partial charge is 0.387 e. The van der Waals surface area contributed by atoms with Crippen LogP contribution in [0.25, 0.3) is 44.3 Å². The van der Waals surface area contributed by atoms with E-state index in [9.17, 15) is 0 Å². The summed E-state index contributed by atoms with van der Waals surface area (Å²) in [4.78, 5) is 26.0. The molecule has 0 amide bonds. The van der Waals surface area contributed by atoms with Gasteiger partial charge in [-0.1, -0.05) is 31.4 Å². The van der Waals surface area contributed by atoms with Gasteiger partial charge in [0.15, 0.2) is 5.82 Å². The zero-order valence-corrected chi connectivity index (χ0v) is 25.5. The molecule has 0 bridgehead atoms. The minimum absolute atomic E-state index is 0.104. The molecule has 13 heteroatoms. The minimum atomic E-state index is 0.104. The summed E-state index contributed by atoms with van der Waals surface area (Å²) in [6.07, 6.45) is 15.0. The van der Waals surface area contributed by atoms with E-state index in [0.29, 0.717) is 23.2 Å². The summed E-state index contributed by atoms with van der Waals surface area (Å²) in [5.74, 6) is 1.06. The lowest BCUT2D eigenvalue weighted by Crippen LogP contribution is -2.18. The van der Waals surface area contributed by atoms with Crippen molar-refractivity contribution < 1.29 is 0 Å². The van der Waals surface area contributed by atoms with Crippen LogP contribution in [0.4, 0.5) is 5.82 Å². The fourth-order valence-corrected chi connectivity index (χ4v) is 4.55. The summed E-state index contributed by atoms with van der Waals surface area (Å²) in [7, 11) is 3.76. The van der Waals surface area contributed by atoms with Crippen molar-refractivity contribution in [3.8, 4) is 22.3 Å². The van der Waals surface area contributed by atoms with Gasteiger partial charge in [-0.25, -0.2) is 15.0 Å². The highest BCUT2D eigenvalue weighted by Crippen LogP contribution is 2.24. The average molecular weight is 609 g/mol. The molecular weight excluding hydrogens is 576 g/mol. The number of aryl methyl sites for hydroxylation is 2. The standard InChI is InChI=1S/C19H24N8.C12H9ClN4/c1-3-4-5-6-17(20)25-19(21)26-18-8-7-15-16(24-18)9-13(10-22-15)14-11-23-27(2)12-14;1-17-7-9(6-15-17)8-4-11-10(14-5-8)2-3-12(13)16-11/h7-12H,3-6H2,1-2H3,(H4,20,21,24,25,26);2-7H,1H3. The number of unbranched alkanes of at least 4 members (excludes halogenated alkanes) is 2. The van der Waals surface area contributed by atoms with Crippen molar-refractivity contribution in [2.45, 2.75) is 32.6 Å². The molecule has 0 aliphatic heterocycles. The molecule has 0 saturated carbocycles. The quantitative estimate of drug-likeness (QED) is 0.102. The van der Waals surface area contributed by atoms with Gasteiger partial charge in [-0.15, -0.1) is 0 Å². The number of hydrogen-bond acceptors (Lipinski definition) is 7. The molecule has 0 saturated heterocycles. The Hall–Kier alpha value is -5.23. The molecular formula is C31H33ClN12. The van der Waals surface area contributed by atoms with Gasteiger partial charge in [-0.3, -0.25) is 19.3 Å². The normalized spacial score (nSPS) is 12.0. The smallest absolute Gasteiger partial charge is 0.223 e. The van der Waals surface area contributed by atoms with Gasteiger partial charge in [0.2, 0.25) is 5.96 Å². The lowest BCUT2D eigenvalue weighted by Gasteiger charge is -2.02. The van der Waals surface area contributed by atoms with Gasteiger partial charge in [-0.2, -0.15) is 15.2 Å². The van der Waals surface area contributed by atoms with Crippen LogP contribution in [0, 0.1) is 0 Å². The van der Waals surface area contributed by atoms with E-state index < -0.39 is 0 Å². The zero-order valence-electron chi connectivity index (χ0n) is 24.8. The highest BCUT2D eigenvalue weighted by molar-refractivity contribution is 6.29. The number of amidine groups is 1. The van der Waals surface area contributed by atoms with E-state index in [0.717, 1.165) is 63.6 Å². The Labute approximate surface area is 259 Å². The number of hydrogen-bond donors (Lipinski definition) is 2. The van der Waals surface area contributed by atoms with E-state index in [1.54, 1.807) is 40.1 Å². The molecule has 6 aromatic rings. The molecule has 0 unspecified atom stereocenters. The number of aromatic nitrogens is 8. The van der Waals surface area contributed by atoms with Crippen molar-refractivity contribution in [1.82, 2.24) is 39.5 Å². The molecule has 12 nitrogen and oxygen atoms in total. The van der Waals surface area contributed by atoms with Gasteiger partial charge in [0.05, 0.1) is 34.5 Å². The van der Waals surface area contributed by atoms with Crippen LogP contribution in [0.3, 0.4) is 0 Å². The summed E-state index contributed by atoms with van der Waals surface area (Å²) in [5.41, 5.74) is 18.8. The van der Waals surface area contributed by atoms with Crippen LogP contribution in [0.15, 0.2) is 83.6 Å². The van der Waals surface area contributed by atoms with Crippen LogP contribution in [0.5, 0.6) is 0 Å². The third-order valence-electron chi connectivity index (χ3n) is 6.63. The van der Waals surface area contributed by atoms with Gasteiger partial charge in [0.1, 0.15) is 11.0 Å². The maximum Gasteiger partial charge on any atom is 0.223 e. The molecule has 44 heavy (non-hydrogen) atoms. The monoisotopic (exact) mass is 608 g/mol. The Morgan fingerprint density at radius 1 is 0.750 bits per heavy atom. The first-order valence-corrected chi connectivity index (χ1v) is 14.5. The molecule has 0 spiro atoms. The molecule has 4 N–H and O–H groups in total. The van der Waals surface area contributed by atoms with E-state index in [1.165, 1.54) is 0 Å². The SMILES string of the molecule is CCCCCC(N)=NC(N)=Nc1ccc2ncc(-c3cnn(C)c3)cc2n1.Cn1cc(-c2cnc3ccc(Cl)nc3c2)cn1. The van der Waals surface area contributed by atoms with Crippen molar-refractivity contribution in [2.75, 3.05) is 0 Å². The predicted molar refractivity (Wildman–Crippen MR) is 176 cm³/mol. The molecule has 0 radical (unpaired) electrons. The molecule has 6 heterocycles. The van der Waals surface area contributed by atoms with E-state index in [-0.39, 0.29) is 5.96 Å². The highest BCUT2D eigenvalue weighted by atomic mass is 35.5. The lowest BCUT2D eigenvalue weighted by molar-refractivity contribution is 0.740. The number of fused-ring (bicyclic) bond motifs is 2. The number of aliphatic imine (C=N–C) groups is 2. The van der Waals surface area contributed by atoms with Crippen molar-refractivity contribution in [3.05, 3.63) is 78.7 Å². The van der Waals surface area contributed by atoms with Crippen LogP contribution in [-0.2, 0) is 14.1 Å². The zero-order chi connectivity index (χ0) is 31.1. The van der Waals surface area contributed by atoms with Crippen LogP contribution in [-0.4, -0.2) is 51.3 Å². The van der Waals surface area contributed by atoms with Crippen LogP contribution < -0.4 is 11.5 Å². The average Bonchev–Trinajstić information content (AvgIpc) is 3.65. The van der Waals surface area contributed by atoms with Crippen molar-refractivity contribution >= 4 is 51.3 Å². The second-order valence-corrected chi connectivity index (χ2v) is 10.6. The van der Waals surface area contributed by atoms with Crippen LogP contribution >= 0.6 is 11.6 Å². The molecule has 6 aromatic heterocycles. The Morgan fingerprint density at radius 3 is 1.91 bits per heavy atom. The predicted octanol–water partition coefficient (Wildman–Crippen LogP) is 5.60. The summed E-state index contributed by atoms with van der Waals surface area (Å²) >= 11 is 5.87. The van der Waals surface area contributed by atoms with E-state index >= 15 is 0 Å². The second kappa shape index (κ2) is 13.8. The van der Waals surface area contributed by atoms with E-state index in [1.807, 2.05) is 57.0 Å². The summed E-state index contributed by atoms with van der Waals surface area (Å²) < 4.78 is 3.50. The molecule has 0 aliphatic carbocycles. The third-order valence-corrected chi connectivity index (χ3v) is 6.84. The first-order chi connectivity index (χ1) is 21.3. The number of pyridine rings is 4. The Balaban J connectivity index is 0.000000193. The molecule has 0 aliphatic rings. The van der Waals surface area contributed by atoms with E-state index in [2.05, 4.69) is 47.0 Å². The fourth-order valence-electron chi connectivity index (χ4n) is 4.40. The Bertz CT molecular complexity index is 1960. The Kier molecular flexibility index (Phi) is 9.50. The number of guanidine groups is 1. The number of halogens is 1. The lowest BCUT2D eigenvalue weighted by atomic mass is 10.1. The second-order valence-electron chi connectivity index (χ2n) is 10.2. The molecule has 6 rings (SSSR count). The van der Waals surface area contributed by atoms with Gasteiger partial charge in [0.25, 0.3) is 0 Å². The number of rotatable bonds is 7. The van der Waals surface area contributed by atoms with Crippen molar-refractivity contribution in [3.63, 3.8) is 0 Å². The van der Waals surface area contributed by atoms with Gasteiger partial charge < -0.3 is 11.5 Å². The van der Waals surface area contributed by atoms with Gasteiger partial charge in [0, 0.05) is 67.6 Å². The van der Waals surface area contributed by atoms with Crippen molar-refractivity contribution in [1.29, 1.82) is 0 Å². The summed E-state index contributed by atoms with van der Waals surface area (Å²) in [6.45, 7) is 2.14. The third kappa shape index (κ3) is 7.78. The summed E-state index contributed by atoms with van der Waals surface area (Å²) in [5, 5.41) is 8.80. The molecule has 0 atom stereocenters. The fraction of sp³-hybridized carbons (Fsp3) is 0.226. The van der Waals surface area contributed by atoms with Crippen LogP contribution in [0.2, 0.25) is 5.15 Å². The van der Waals surface area contributed by atoms with E-state index in [4.69, 9.17) is 23.1 Å². The first-order valence-electron chi connectivity index (χ1n) is 14.1. The van der Waals surface area contributed by atoms with Gasteiger partial charge in [-0.05, 0) is 42.8 Å². The number of nitrogens with zero attached hydrogens (tertiary/aromatic N) is 10. The van der Waals surface area contributed by atoms with Gasteiger partial charge >= 0.3 is 0 Å². The topological polar surface area (TPSA) is 164 Å². The molecule has 0 fully saturated rings. The molecule has 0 aromatic carbocycles. The minimum Gasteiger partial charge on any atom is -0.387 e. The molecule has 224 valence electrons. The highest BCUT2D eigenvalue weighted by Gasteiger charge is 2.06. The maximum atomic E-state index is 5.90. The maximum absolute atomic E-state index is 5.90. The Morgan fingerprint density at radius 2 is 1.34 bits per heavy atom. The first kappa shape index (κ1) is 30.2. The van der Waals surface area contributed by atoms with Crippen molar-refractivity contribution in [2.24, 2.45) is 35.5 Å². The van der Waals surface area contributed by atoms with Crippen LogP contribution in [0.1, 0.15) is 32.6 Å².